The molecule has 1 aliphatic heterocycles. The zero-order valence-corrected chi connectivity index (χ0v) is 18.5. The normalized spacial score (nSPS) is 12.8. The van der Waals surface area contributed by atoms with E-state index < -0.39 is 5.97 Å². The highest BCUT2D eigenvalue weighted by molar-refractivity contribution is 7.13. The standard InChI is InChI=1S/C25H19N3O4S/c1-31-25(30)17-7-5-16(6-8-17)13-28-21-12-18(9-10-22(21)32-14-23(28)29)20-15-33-24(27-20)19-4-2-3-11-26-19/h2-12,15H,13-14H2,1H3. The van der Waals surface area contributed by atoms with Crippen molar-refractivity contribution in [3.63, 3.8) is 0 Å². The van der Waals surface area contributed by atoms with E-state index >= 15 is 0 Å². The maximum absolute atomic E-state index is 12.7. The SMILES string of the molecule is COC(=O)c1ccc(CN2C(=O)COc3ccc(-c4csc(-c5ccccn5)n4)cc32)cc1. The summed E-state index contributed by atoms with van der Waals surface area (Å²) in [5.74, 6) is 0.112. The fourth-order valence-electron chi connectivity index (χ4n) is 3.59. The molecule has 0 fully saturated rings. The number of ether oxygens (including phenoxy) is 2. The molecule has 0 saturated carbocycles. The maximum atomic E-state index is 12.7. The predicted octanol–water partition coefficient (Wildman–Crippen LogP) is 4.58. The number of hydrogen-bond acceptors (Lipinski definition) is 7. The minimum Gasteiger partial charge on any atom is -0.482 e. The lowest BCUT2D eigenvalue weighted by Crippen LogP contribution is -2.38. The number of carbonyl (C=O) groups is 2. The van der Waals surface area contributed by atoms with Crippen molar-refractivity contribution in [2.75, 3.05) is 18.6 Å². The van der Waals surface area contributed by atoms with Crippen LogP contribution in [0.4, 0.5) is 5.69 Å². The van der Waals surface area contributed by atoms with Gasteiger partial charge in [0.05, 0.1) is 36.3 Å². The van der Waals surface area contributed by atoms with Gasteiger partial charge >= 0.3 is 5.97 Å². The number of aromatic nitrogens is 2. The van der Waals surface area contributed by atoms with Gasteiger partial charge in [0.15, 0.2) is 6.61 Å². The Morgan fingerprint density at radius 1 is 1.12 bits per heavy atom. The predicted molar refractivity (Wildman–Crippen MR) is 125 cm³/mol. The number of amides is 1. The number of fused-ring (bicyclic) bond motifs is 1. The molecule has 33 heavy (non-hydrogen) atoms. The molecule has 0 unspecified atom stereocenters. The van der Waals surface area contributed by atoms with Crippen LogP contribution < -0.4 is 9.64 Å². The van der Waals surface area contributed by atoms with E-state index in [0.29, 0.717) is 23.5 Å². The van der Waals surface area contributed by atoms with Crippen LogP contribution >= 0.6 is 11.3 Å². The van der Waals surface area contributed by atoms with Crippen molar-refractivity contribution < 1.29 is 19.1 Å². The first kappa shape index (κ1) is 20.8. The summed E-state index contributed by atoms with van der Waals surface area (Å²) in [6.45, 7) is 0.337. The van der Waals surface area contributed by atoms with Gasteiger partial charge in [0, 0.05) is 17.1 Å². The molecule has 3 heterocycles. The van der Waals surface area contributed by atoms with Gasteiger partial charge in [0.25, 0.3) is 5.91 Å². The molecule has 7 nitrogen and oxygen atoms in total. The first-order chi connectivity index (χ1) is 16.1. The molecule has 0 spiro atoms. The molecule has 2 aromatic heterocycles. The summed E-state index contributed by atoms with van der Waals surface area (Å²) in [6, 6.07) is 18.5. The Morgan fingerprint density at radius 3 is 2.73 bits per heavy atom. The molecular weight excluding hydrogens is 438 g/mol. The summed E-state index contributed by atoms with van der Waals surface area (Å²) in [7, 11) is 1.35. The monoisotopic (exact) mass is 457 g/mol. The van der Waals surface area contributed by atoms with E-state index in [1.54, 1.807) is 23.2 Å². The van der Waals surface area contributed by atoms with E-state index in [1.807, 2.05) is 53.9 Å². The number of thiazole rings is 1. The van der Waals surface area contributed by atoms with Crippen molar-refractivity contribution >= 4 is 28.9 Å². The lowest BCUT2D eigenvalue weighted by Gasteiger charge is -2.30. The number of nitrogens with zero attached hydrogens (tertiary/aromatic N) is 3. The summed E-state index contributed by atoms with van der Waals surface area (Å²) in [4.78, 5) is 35.2. The van der Waals surface area contributed by atoms with Crippen molar-refractivity contribution in [3.8, 4) is 27.7 Å². The maximum Gasteiger partial charge on any atom is 0.337 e. The molecule has 0 radical (unpaired) electrons. The minimum atomic E-state index is -0.396. The van der Waals surface area contributed by atoms with Crippen LogP contribution in [0.25, 0.3) is 22.0 Å². The summed E-state index contributed by atoms with van der Waals surface area (Å²) < 4.78 is 10.4. The van der Waals surface area contributed by atoms with Crippen LogP contribution in [0.5, 0.6) is 5.75 Å². The highest BCUT2D eigenvalue weighted by Gasteiger charge is 2.26. The number of esters is 1. The van der Waals surface area contributed by atoms with Crippen LogP contribution in [0.15, 0.2) is 72.2 Å². The zero-order valence-electron chi connectivity index (χ0n) is 17.7. The molecule has 0 bridgehead atoms. The molecule has 1 aliphatic rings. The summed E-state index contributed by atoms with van der Waals surface area (Å²) >= 11 is 1.52. The molecule has 2 aromatic carbocycles. The molecule has 164 valence electrons. The van der Waals surface area contributed by atoms with Gasteiger partial charge in [0.1, 0.15) is 10.8 Å². The van der Waals surface area contributed by atoms with Crippen molar-refractivity contribution in [2.45, 2.75) is 6.54 Å². The van der Waals surface area contributed by atoms with Crippen LogP contribution in [-0.2, 0) is 16.1 Å². The van der Waals surface area contributed by atoms with Gasteiger partial charge in [-0.3, -0.25) is 9.78 Å². The molecule has 0 aliphatic carbocycles. The second kappa shape index (κ2) is 8.84. The lowest BCUT2D eigenvalue weighted by atomic mass is 10.1. The number of carbonyl (C=O) groups excluding carboxylic acids is 2. The number of pyridine rings is 1. The lowest BCUT2D eigenvalue weighted by molar-refractivity contribution is -0.121. The number of benzene rings is 2. The Balaban J connectivity index is 1.44. The van der Waals surface area contributed by atoms with Gasteiger partial charge < -0.3 is 14.4 Å². The van der Waals surface area contributed by atoms with Gasteiger partial charge in [0.2, 0.25) is 0 Å². The Labute approximate surface area is 194 Å². The van der Waals surface area contributed by atoms with Crippen molar-refractivity contribution in [1.29, 1.82) is 0 Å². The zero-order chi connectivity index (χ0) is 22.8. The van der Waals surface area contributed by atoms with Gasteiger partial charge in [-0.05, 0) is 48.0 Å². The average molecular weight is 458 g/mol. The van der Waals surface area contributed by atoms with E-state index in [4.69, 9.17) is 14.5 Å². The Morgan fingerprint density at radius 2 is 1.97 bits per heavy atom. The molecule has 0 saturated heterocycles. The van der Waals surface area contributed by atoms with Crippen LogP contribution in [0.2, 0.25) is 0 Å². The van der Waals surface area contributed by atoms with E-state index in [0.717, 1.165) is 27.5 Å². The Hall–Kier alpha value is -4.04. The number of anilines is 1. The molecule has 5 rings (SSSR count). The van der Waals surface area contributed by atoms with E-state index in [1.165, 1.54) is 18.4 Å². The van der Waals surface area contributed by atoms with E-state index in [9.17, 15) is 9.59 Å². The molecule has 4 aromatic rings. The number of methoxy groups -OCH3 is 1. The largest absolute Gasteiger partial charge is 0.482 e. The van der Waals surface area contributed by atoms with Gasteiger partial charge in [-0.2, -0.15) is 0 Å². The van der Waals surface area contributed by atoms with Crippen LogP contribution in [0, 0.1) is 0 Å². The summed E-state index contributed by atoms with van der Waals surface area (Å²) in [5.41, 5.74) is 4.56. The van der Waals surface area contributed by atoms with Gasteiger partial charge in [-0.1, -0.05) is 18.2 Å². The third kappa shape index (κ3) is 4.20. The topological polar surface area (TPSA) is 81.6 Å². The van der Waals surface area contributed by atoms with E-state index in [-0.39, 0.29) is 12.5 Å². The summed E-state index contributed by atoms with van der Waals surface area (Å²) in [6.07, 6.45) is 1.74. The Bertz CT molecular complexity index is 1320. The van der Waals surface area contributed by atoms with Gasteiger partial charge in [-0.25, -0.2) is 9.78 Å². The molecule has 0 N–H and O–H groups in total. The van der Waals surface area contributed by atoms with Crippen LogP contribution in [0.3, 0.4) is 0 Å². The quantitative estimate of drug-likeness (QED) is 0.408. The highest BCUT2D eigenvalue weighted by Crippen LogP contribution is 2.38. The number of hydrogen-bond donors (Lipinski definition) is 0. The Kier molecular flexibility index (Phi) is 5.58. The minimum absolute atomic E-state index is 0.0207. The third-order valence-electron chi connectivity index (χ3n) is 5.30. The van der Waals surface area contributed by atoms with E-state index in [2.05, 4.69) is 4.98 Å². The van der Waals surface area contributed by atoms with Gasteiger partial charge in [-0.15, -0.1) is 11.3 Å². The highest BCUT2D eigenvalue weighted by atomic mass is 32.1. The molecular formula is C25H19N3O4S. The molecule has 1 amide bonds. The molecule has 8 heteroatoms. The van der Waals surface area contributed by atoms with Crippen molar-refractivity contribution in [2.24, 2.45) is 0 Å². The third-order valence-corrected chi connectivity index (χ3v) is 6.17. The summed E-state index contributed by atoms with van der Waals surface area (Å²) in [5, 5.41) is 2.81. The van der Waals surface area contributed by atoms with Crippen molar-refractivity contribution in [3.05, 3.63) is 83.4 Å². The van der Waals surface area contributed by atoms with Crippen molar-refractivity contribution in [1.82, 2.24) is 9.97 Å². The molecule has 0 atom stereocenters. The second-order valence-electron chi connectivity index (χ2n) is 7.39. The second-order valence-corrected chi connectivity index (χ2v) is 8.25. The average Bonchev–Trinajstić information content (AvgIpc) is 3.36. The fourth-order valence-corrected chi connectivity index (χ4v) is 4.40. The first-order valence-corrected chi connectivity index (χ1v) is 11.1. The smallest absolute Gasteiger partial charge is 0.337 e. The number of rotatable bonds is 5. The fraction of sp³-hybridized carbons (Fsp3) is 0.120. The van der Waals surface area contributed by atoms with Crippen LogP contribution in [-0.4, -0.2) is 35.6 Å². The van der Waals surface area contributed by atoms with Crippen LogP contribution in [0.1, 0.15) is 15.9 Å². The first-order valence-electron chi connectivity index (χ1n) is 10.2.